The fourth-order valence-corrected chi connectivity index (χ4v) is 1.61. The Morgan fingerprint density at radius 1 is 1.47 bits per heavy atom. The van der Waals surface area contributed by atoms with E-state index in [1.54, 1.807) is 0 Å². The number of carbonyl (C=O) groups excluding carboxylic acids is 1. The first-order valence-electron chi connectivity index (χ1n) is 5.10. The molecule has 1 aromatic heterocycles. The predicted molar refractivity (Wildman–Crippen MR) is 58.2 cm³/mol. The molecule has 0 radical (unpaired) electrons. The van der Waals surface area contributed by atoms with Crippen LogP contribution in [0.4, 0.5) is 0 Å². The van der Waals surface area contributed by atoms with Crippen LogP contribution in [0.3, 0.4) is 0 Å². The number of nitrogens with zero attached hydrogens (tertiary/aromatic N) is 5. The van der Waals surface area contributed by atoms with E-state index in [2.05, 4.69) is 20.1 Å². The minimum atomic E-state index is -0.546. The van der Waals surface area contributed by atoms with Crippen LogP contribution in [-0.4, -0.2) is 57.9 Å². The van der Waals surface area contributed by atoms with Crippen LogP contribution >= 0.6 is 0 Å². The van der Waals surface area contributed by atoms with Gasteiger partial charge in [-0.15, -0.1) is 0 Å². The molecule has 1 aliphatic rings. The SMILES string of the molecule is COC(=O)/C=C\n1nnn(C2CN(C)C2)c1=O. The topological polar surface area (TPSA) is 82.2 Å². The van der Waals surface area contributed by atoms with Gasteiger partial charge in [0.1, 0.15) is 0 Å². The highest BCUT2D eigenvalue weighted by atomic mass is 16.5. The second kappa shape index (κ2) is 4.50. The van der Waals surface area contributed by atoms with Gasteiger partial charge in [0.15, 0.2) is 0 Å². The Hall–Kier alpha value is -1.96. The average Bonchev–Trinajstić information content (AvgIpc) is 2.63. The quantitative estimate of drug-likeness (QED) is 0.475. The second-order valence-corrected chi connectivity index (χ2v) is 3.86. The third kappa shape index (κ3) is 2.26. The van der Waals surface area contributed by atoms with Crippen LogP contribution in [0.15, 0.2) is 10.9 Å². The van der Waals surface area contributed by atoms with Crippen LogP contribution in [0.25, 0.3) is 6.20 Å². The van der Waals surface area contributed by atoms with Crippen molar-refractivity contribution < 1.29 is 9.53 Å². The Balaban J connectivity index is 2.13. The molecule has 2 heterocycles. The van der Waals surface area contributed by atoms with Crippen molar-refractivity contribution in [1.82, 2.24) is 24.7 Å². The second-order valence-electron chi connectivity index (χ2n) is 3.86. The van der Waals surface area contributed by atoms with E-state index < -0.39 is 5.97 Å². The molecule has 0 bridgehead atoms. The standard InChI is InChI=1S/C9H13N5O3/c1-12-5-7(6-12)14-9(16)13(10-11-14)4-3-8(15)17-2/h3-4,7H,5-6H2,1-2H3/b4-3-. The van der Waals surface area contributed by atoms with Crippen molar-refractivity contribution in [2.75, 3.05) is 27.2 Å². The lowest BCUT2D eigenvalue weighted by Gasteiger charge is -2.34. The van der Waals surface area contributed by atoms with Gasteiger partial charge in [-0.3, -0.25) is 0 Å². The molecule has 1 aromatic rings. The summed E-state index contributed by atoms with van der Waals surface area (Å²) in [5, 5.41) is 7.42. The minimum Gasteiger partial charge on any atom is -0.466 e. The Labute approximate surface area is 97.0 Å². The van der Waals surface area contributed by atoms with Gasteiger partial charge in [0, 0.05) is 25.4 Å². The normalized spacial score (nSPS) is 17.3. The van der Waals surface area contributed by atoms with Gasteiger partial charge in [-0.1, -0.05) is 0 Å². The summed E-state index contributed by atoms with van der Waals surface area (Å²) in [5.74, 6) is -0.546. The van der Waals surface area contributed by atoms with E-state index in [-0.39, 0.29) is 11.7 Å². The van der Waals surface area contributed by atoms with Gasteiger partial charge in [-0.05, 0) is 17.5 Å². The third-order valence-electron chi connectivity index (χ3n) is 2.57. The van der Waals surface area contributed by atoms with Crippen LogP contribution in [-0.2, 0) is 9.53 Å². The molecule has 0 unspecified atom stereocenters. The zero-order valence-electron chi connectivity index (χ0n) is 9.61. The molecule has 0 aromatic carbocycles. The molecule has 0 spiro atoms. The third-order valence-corrected chi connectivity index (χ3v) is 2.57. The number of rotatable bonds is 3. The summed E-state index contributed by atoms with van der Waals surface area (Å²) in [6, 6.07) is 0.0628. The van der Waals surface area contributed by atoms with Crippen LogP contribution in [0, 0.1) is 0 Å². The molecule has 0 amide bonds. The predicted octanol–water partition coefficient (Wildman–Crippen LogP) is -1.43. The molecule has 8 heteroatoms. The Morgan fingerprint density at radius 3 is 2.76 bits per heavy atom. The number of esters is 1. The molecule has 17 heavy (non-hydrogen) atoms. The number of hydrogen-bond donors (Lipinski definition) is 0. The molecular formula is C9H13N5O3. The number of tetrazole rings is 1. The summed E-state index contributed by atoms with van der Waals surface area (Å²) in [5.41, 5.74) is -0.358. The summed E-state index contributed by atoms with van der Waals surface area (Å²) < 4.78 is 6.74. The first-order chi connectivity index (χ1) is 8.11. The smallest absolute Gasteiger partial charge is 0.368 e. The largest absolute Gasteiger partial charge is 0.466 e. The molecule has 0 saturated carbocycles. The van der Waals surface area contributed by atoms with E-state index in [0.717, 1.165) is 23.8 Å². The number of likely N-dealkylation sites (tertiary alicyclic amines) is 1. The molecule has 1 fully saturated rings. The molecule has 0 atom stereocenters. The molecule has 92 valence electrons. The zero-order valence-corrected chi connectivity index (χ0v) is 9.61. The maximum atomic E-state index is 11.8. The van der Waals surface area contributed by atoms with Crippen LogP contribution < -0.4 is 5.69 Å². The highest BCUT2D eigenvalue weighted by Gasteiger charge is 2.28. The molecule has 1 aliphatic heterocycles. The van der Waals surface area contributed by atoms with Crippen molar-refractivity contribution in [3.05, 3.63) is 16.6 Å². The number of likely N-dealkylation sites (N-methyl/N-ethyl adjacent to an activating group) is 1. The van der Waals surface area contributed by atoms with E-state index in [1.807, 2.05) is 7.05 Å². The van der Waals surface area contributed by atoms with Crippen molar-refractivity contribution in [1.29, 1.82) is 0 Å². The fourth-order valence-electron chi connectivity index (χ4n) is 1.61. The summed E-state index contributed by atoms with van der Waals surface area (Å²) in [6.07, 6.45) is 2.35. The summed E-state index contributed by atoms with van der Waals surface area (Å²) in [4.78, 5) is 24.7. The fraction of sp³-hybridized carbons (Fsp3) is 0.556. The lowest BCUT2D eigenvalue weighted by molar-refractivity contribution is -0.134. The first kappa shape index (κ1) is 11.5. The number of ether oxygens (including phenoxy) is 1. The Morgan fingerprint density at radius 2 is 2.18 bits per heavy atom. The number of hydrogen-bond acceptors (Lipinski definition) is 6. The van der Waals surface area contributed by atoms with Gasteiger partial charge in [-0.2, -0.15) is 9.36 Å². The number of methoxy groups -OCH3 is 1. The van der Waals surface area contributed by atoms with Gasteiger partial charge in [0.05, 0.1) is 13.2 Å². The van der Waals surface area contributed by atoms with E-state index >= 15 is 0 Å². The van der Waals surface area contributed by atoms with Gasteiger partial charge in [0.2, 0.25) is 0 Å². The van der Waals surface area contributed by atoms with Crippen LogP contribution in [0.2, 0.25) is 0 Å². The molecular weight excluding hydrogens is 226 g/mol. The van der Waals surface area contributed by atoms with Gasteiger partial charge < -0.3 is 9.64 Å². The highest BCUT2D eigenvalue weighted by Crippen LogP contribution is 2.15. The minimum absolute atomic E-state index is 0.0628. The van der Waals surface area contributed by atoms with E-state index in [1.165, 1.54) is 18.0 Å². The van der Waals surface area contributed by atoms with Gasteiger partial charge in [-0.25, -0.2) is 9.59 Å². The molecule has 8 nitrogen and oxygen atoms in total. The molecule has 1 saturated heterocycles. The Kier molecular flexibility index (Phi) is 3.05. The van der Waals surface area contributed by atoms with E-state index in [9.17, 15) is 9.59 Å². The van der Waals surface area contributed by atoms with Crippen molar-refractivity contribution in [3.63, 3.8) is 0 Å². The van der Waals surface area contributed by atoms with E-state index in [4.69, 9.17) is 0 Å². The van der Waals surface area contributed by atoms with Crippen molar-refractivity contribution in [3.8, 4) is 0 Å². The number of carbonyl (C=O) groups is 1. The molecule has 2 rings (SSSR count). The lowest BCUT2D eigenvalue weighted by atomic mass is 10.1. The van der Waals surface area contributed by atoms with Crippen molar-refractivity contribution >= 4 is 12.2 Å². The summed E-state index contributed by atoms with van der Waals surface area (Å²) >= 11 is 0. The highest BCUT2D eigenvalue weighted by molar-refractivity contribution is 5.84. The number of aromatic nitrogens is 4. The maximum absolute atomic E-state index is 11.8. The van der Waals surface area contributed by atoms with Gasteiger partial charge in [0.25, 0.3) is 0 Å². The Bertz CT molecular complexity index is 497. The average molecular weight is 239 g/mol. The zero-order chi connectivity index (χ0) is 12.4. The first-order valence-corrected chi connectivity index (χ1v) is 5.10. The monoisotopic (exact) mass is 239 g/mol. The van der Waals surface area contributed by atoms with Crippen LogP contribution in [0.5, 0.6) is 0 Å². The summed E-state index contributed by atoms with van der Waals surface area (Å²) in [7, 11) is 3.22. The van der Waals surface area contributed by atoms with Crippen LogP contribution in [0.1, 0.15) is 6.04 Å². The summed E-state index contributed by atoms with van der Waals surface area (Å²) in [6.45, 7) is 1.55. The van der Waals surface area contributed by atoms with Crippen molar-refractivity contribution in [2.24, 2.45) is 0 Å². The van der Waals surface area contributed by atoms with Gasteiger partial charge >= 0.3 is 11.7 Å². The van der Waals surface area contributed by atoms with Crippen molar-refractivity contribution in [2.45, 2.75) is 6.04 Å². The maximum Gasteiger partial charge on any atom is 0.368 e. The molecule has 0 N–H and O–H groups in total. The lowest BCUT2D eigenvalue weighted by Crippen LogP contribution is -2.48. The van der Waals surface area contributed by atoms with E-state index in [0.29, 0.717) is 0 Å². The molecule has 0 aliphatic carbocycles.